The molecule has 0 spiro atoms. The number of benzene rings is 1. The molecule has 0 radical (unpaired) electrons. The molecule has 2 rings (SSSR count). The van der Waals surface area contributed by atoms with Crippen LogP contribution in [-0.4, -0.2) is 16.3 Å². The molecule has 1 aromatic heterocycles. The van der Waals surface area contributed by atoms with Gasteiger partial charge in [-0.05, 0) is 63.3 Å². The van der Waals surface area contributed by atoms with E-state index in [9.17, 15) is 0 Å². The molecule has 0 bridgehead atoms. The molecule has 0 fully saturated rings. The van der Waals surface area contributed by atoms with Gasteiger partial charge in [0.1, 0.15) is 0 Å². The summed E-state index contributed by atoms with van der Waals surface area (Å²) in [5, 5.41) is 4.90. The summed E-state index contributed by atoms with van der Waals surface area (Å²) in [6.07, 6.45) is 2.85. The van der Waals surface area contributed by atoms with Crippen molar-refractivity contribution in [3.05, 3.63) is 45.8 Å². The summed E-state index contributed by atoms with van der Waals surface area (Å²) >= 11 is 0. The normalized spacial score (nSPS) is 11.1. The standard InChI is InChI=1S/C18H27N3/c1-6-16-15(8-9-19)17(7-2)21(20-16)18-13(4)10-12(3)11-14(18)5/h10-11H,6-9,19H2,1-5H3. The topological polar surface area (TPSA) is 43.8 Å². The summed E-state index contributed by atoms with van der Waals surface area (Å²) in [6, 6.07) is 4.47. The molecular formula is C18H27N3. The molecule has 1 heterocycles. The summed E-state index contributed by atoms with van der Waals surface area (Å²) in [6.45, 7) is 11.5. The van der Waals surface area contributed by atoms with Crippen molar-refractivity contribution < 1.29 is 0 Å². The average molecular weight is 285 g/mol. The van der Waals surface area contributed by atoms with Crippen LogP contribution in [0.25, 0.3) is 5.69 Å². The molecule has 2 aromatic rings. The van der Waals surface area contributed by atoms with E-state index in [4.69, 9.17) is 10.8 Å². The largest absolute Gasteiger partial charge is 0.330 e. The maximum absolute atomic E-state index is 5.80. The Balaban J connectivity index is 2.69. The summed E-state index contributed by atoms with van der Waals surface area (Å²) in [7, 11) is 0. The van der Waals surface area contributed by atoms with E-state index >= 15 is 0 Å². The first-order chi connectivity index (χ1) is 10.0. The molecule has 0 unspecified atom stereocenters. The molecule has 3 heteroatoms. The van der Waals surface area contributed by atoms with Crippen molar-refractivity contribution in [2.45, 2.75) is 53.9 Å². The Hall–Kier alpha value is -1.61. The second kappa shape index (κ2) is 6.44. The Labute approximate surface area is 128 Å². The SMILES string of the molecule is CCc1nn(-c2c(C)cc(C)cc2C)c(CC)c1CCN. The van der Waals surface area contributed by atoms with Crippen LogP contribution in [0.1, 0.15) is 47.5 Å². The molecular weight excluding hydrogens is 258 g/mol. The van der Waals surface area contributed by atoms with E-state index < -0.39 is 0 Å². The quantitative estimate of drug-likeness (QED) is 0.914. The first-order valence-electron chi connectivity index (χ1n) is 7.91. The van der Waals surface area contributed by atoms with Gasteiger partial charge >= 0.3 is 0 Å². The Kier molecular flexibility index (Phi) is 4.84. The van der Waals surface area contributed by atoms with Crippen molar-refractivity contribution in [3.8, 4) is 5.69 Å². The third-order valence-electron chi connectivity index (χ3n) is 4.08. The van der Waals surface area contributed by atoms with Crippen LogP contribution >= 0.6 is 0 Å². The van der Waals surface area contributed by atoms with Gasteiger partial charge in [0.15, 0.2) is 0 Å². The van der Waals surface area contributed by atoms with Crippen molar-refractivity contribution in [2.75, 3.05) is 6.54 Å². The Bertz CT molecular complexity index is 615. The van der Waals surface area contributed by atoms with Crippen LogP contribution in [0, 0.1) is 20.8 Å². The lowest BCUT2D eigenvalue weighted by molar-refractivity contribution is 0.782. The van der Waals surface area contributed by atoms with Crippen molar-refractivity contribution >= 4 is 0 Å². The third-order valence-corrected chi connectivity index (χ3v) is 4.08. The fourth-order valence-electron chi connectivity index (χ4n) is 3.31. The Morgan fingerprint density at radius 3 is 2.14 bits per heavy atom. The van der Waals surface area contributed by atoms with Crippen LogP contribution in [0.5, 0.6) is 0 Å². The number of nitrogens with zero attached hydrogens (tertiary/aromatic N) is 2. The van der Waals surface area contributed by atoms with E-state index in [2.05, 4.69) is 51.4 Å². The second-order valence-corrected chi connectivity index (χ2v) is 5.78. The van der Waals surface area contributed by atoms with E-state index in [0.29, 0.717) is 6.54 Å². The van der Waals surface area contributed by atoms with Gasteiger partial charge in [0.2, 0.25) is 0 Å². The zero-order valence-electron chi connectivity index (χ0n) is 14.0. The van der Waals surface area contributed by atoms with Gasteiger partial charge in [0.05, 0.1) is 11.4 Å². The number of rotatable bonds is 5. The average Bonchev–Trinajstić information content (AvgIpc) is 2.76. The van der Waals surface area contributed by atoms with Gasteiger partial charge in [-0.15, -0.1) is 0 Å². The number of aryl methyl sites for hydroxylation is 4. The highest BCUT2D eigenvalue weighted by molar-refractivity contribution is 5.51. The van der Waals surface area contributed by atoms with Crippen molar-refractivity contribution in [1.29, 1.82) is 0 Å². The van der Waals surface area contributed by atoms with E-state index in [1.54, 1.807) is 0 Å². The van der Waals surface area contributed by atoms with Crippen LogP contribution in [0.4, 0.5) is 0 Å². The van der Waals surface area contributed by atoms with E-state index in [-0.39, 0.29) is 0 Å². The lowest BCUT2D eigenvalue weighted by Gasteiger charge is -2.14. The molecule has 2 N–H and O–H groups in total. The first kappa shape index (κ1) is 15.8. The van der Waals surface area contributed by atoms with Gasteiger partial charge in [-0.1, -0.05) is 31.5 Å². The van der Waals surface area contributed by atoms with Gasteiger partial charge in [0.25, 0.3) is 0 Å². The molecule has 0 aliphatic rings. The minimum Gasteiger partial charge on any atom is -0.330 e. The van der Waals surface area contributed by atoms with E-state index in [1.165, 1.54) is 39.3 Å². The van der Waals surface area contributed by atoms with E-state index in [0.717, 1.165) is 19.3 Å². The molecule has 0 saturated heterocycles. The minimum atomic E-state index is 0.678. The van der Waals surface area contributed by atoms with E-state index in [1.807, 2.05) is 0 Å². The maximum atomic E-state index is 5.80. The second-order valence-electron chi connectivity index (χ2n) is 5.78. The first-order valence-corrected chi connectivity index (χ1v) is 7.91. The molecule has 0 amide bonds. The summed E-state index contributed by atoms with van der Waals surface area (Å²) in [5.74, 6) is 0. The maximum Gasteiger partial charge on any atom is 0.0707 e. The number of hydrogen-bond donors (Lipinski definition) is 1. The molecule has 21 heavy (non-hydrogen) atoms. The zero-order chi connectivity index (χ0) is 15.6. The van der Waals surface area contributed by atoms with Crippen LogP contribution in [0.15, 0.2) is 12.1 Å². The molecule has 3 nitrogen and oxygen atoms in total. The smallest absolute Gasteiger partial charge is 0.0707 e. The summed E-state index contributed by atoms with van der Waals surface area (Å²) in [5.41, 5.74) is 14.8. The molecule has 1 aromatic carbocycles. The molecule has 0 aliphatic heterocycles. The van der Waals surface area contributed by atoms with Crippen molar-refractivity contribution in [3.63, 3.8) is 0 Å². The summed E-state index contributed by atoms with van der Waals surface area (Å²) in [4.78, 5) is 0. The molecule has 0 aliphatic carbocycles. The predicted molar refractivity (Wildman–Crippen MR) is 89.3 cm³/mol. The lowest BCUT2D eigenvalue weighted by atomic mass is 10.0. The Morgan fingerprint density at radius 2 is 1.67 bits per heavy atom. The van der Waals surface area contributed by atoms with Crippen LogP contribution in [0.3, 0.4) is 0 Å². The molecule has 0 atom stereocenters. The Morgan fingerprint density at radius 1 is 1.05 bits per heavy atom. The highest BCUT2D eigenvalue weighted by atomic mass is 15.3. The highest BCUT2D eigenvalue weighted by Crippen LogP contribution is 2.26. The third kappa shape index (κ3) is 2.88. The fourth-order valence-corrected chi connectivity index (χ4v) is 3.31. The molecule has 114 valence electrons. The zero-order valence-corrected chi connectivity index (χ0v) is 14.0. The van der Waals surface area contributed by atoms with Gasteiger partial charge < -0.3 is 5.73 Å². The van der Waals surface area contributed by atoms with Gasteiger partial charge in [0, 0.05) is 5.69 Å². The lowest BCUT2D eigenvalue weighted by Crippen LogP contribution is -2.09. The highest BCUT2D eigenvalue weighted by Gasteiger charge is 2.18. The monoisotopic (exact) mass is 285 g/mol. The van der Waals surface area contributed by atoms with Crippen LogP contribution in [-0.2, 0) is 19.3 Å². The number of aromatic nitrogens is 2. The fraction of sp³-hybridized carbons (Fsp3) is 0.500. The van der Waals surface area contributed by atoms with Gasteiger partial charge in [-0.3, -0.25) is 0 Å². The minimum absolute atomic E-state index is 0.678. The van der Waals surface area contributed by atoms with Crippen LogP contribution in [0.2, 0.25) is 0 Å². The molecule has 0 saturated carbocycles. The van der Waals surface area contributed by atoms with Crippen LogP contribution < -0.4 is 5.73 Å². The van der Waals surface area contributed by atoms with Gasteiger partial charge in [-0.25, -0.2) is 4.68 Å². The number of hydrogen-bond acceptors (Lipinski definition) is 2. The predicted octanol–water partition coefficient (Wildman–Crippen LogP) is 3.42. The van der Waals surface area contributed by atoms with Gasteiger partial charge in [-0.2, -0.15) is 5.10 Å². The number of nitrogens with two attached hydrogens (primary N) is 1. The summed E-state index contributed by atoms with van der Waals surface area (Å²) < 4.78 is 2.16. The van der Waals surface area contributed by atoms with Crippen molar-refractivity contribution in [2.24, 2.45) is 5.73 Å². The van der Waals surface area contributed by atoms with Crippen molar-refractivity contribution in [1.82, 2.24) is 9.78 Å².